The Morgan fingerprint density at radius 3 is 2.80 bits per heavy atom. The fourth-order valence-electron chi connectivity index (χ4n) is 1.31. The van der Waals surface area contributed by atoms with Crippen LogP contribution in [-0.2, 0) is 0 Å². The van der Waals surface area contributed by atoms with Crippen LogP contribution in [-0.4, -0.2) is 17.7 Å². The van der Waals surface area contributed by atoms with Crippen molar-refractivity contribution in [2.75, 3.05) is 11.9 Å². The minimum atomic E-state index is 0.146. The van der Waals surface area contributed by atoms with E-state index in [9.17, 15) is 4.79 Å². The molecule has 3 heteroatoms. The van der Waals surface area contributed by atoms with Gasteiger partial charge in [-0.05, 0) is 25.5 Å². The van der Waals surface area contributed by atoms with Crippen LogP contribution in [0.4, 0.5) is 0 Å². The average molecular weight is 271 g/mol. The van der Waals surface area contributed by atoms with Crippen molar-refractivity contribution in [1.82, 2.24) is 0 Å². The molecule has 1 aromatic rings. The first-order valence-corrected chi connectivity index (χ1v) is 6.13. The van der Waals surface area contributed by atoms with Gasteiger partial charge in [0, 0.05) is 17.3 Å². The summed E-state index contributed by atoms with van der Waals surface area (Å²) in [7, 11) is 0. The topological polar surface area (TPSA) is 26.3 Å². The van der Waals surface area contributed by atoms with E-state index in [2.05, 4.69) is 15.9 Å². The number of hydrogen-bond acceptors (Lipinski definition) is 2. The van der Waals surface area contributed by atoms with Crippen molar-refractivity contribution in [1.29, 1.82) is 0 Å². The normalized spacial score (nSPS) is 10.1. The van der Waals surface area contributed by atoms with E-state index in [4.69, 9.17) is 4.74 Å². The van der Waals surface area contributed by atoms with Crippen LogP contribution in [0, 0.1) is 6.92 Å². The van der Waals surface area contributed by atoms with Crippen LogP contribution in [0.25, 0.3) is 0 Å². The van der Waals surface area contributed by atoms with Gasteiger partial charge in [0.25, 0.3) is 0 Å². The molecule has 1 aromatic carbocycles. The van der Waals surface area contributed by atoms with Gasteiger partial charge in [-0.3, -0.25) is 4.79 Å². The molecule has 0 radical (unpaired) electrons. The number of ketones is 1. The smallest absolute Gasteiger partial charge is 0.163 e. The largest absolute Gasteiger partial charge is 0.494 e. The molecule has 0 aliphatic rings. The Bertz CT molecular complexity index is 347. The fraction of sp³-hybridized carbons (Fsp3) is 0.417. The third kappa shape index (κ3) is 3.34. The molecular formula is C12H15BrO2. The van der Waals surface area contributed by atoms with E-state index < -0.39 is 0 Å². The number of aryl methyl sites for hydroxylation is 1. The van der Waals surface area contributed by atoms with Crippen LogP contribution in [0.2, 0.25) is 0 Å². The van der Waals surface area contributed by atoms with Crippen molar-refractivity contribution >= 4 is 21.7 Å². The van der Waals surface area contributed by atoms with Crippen LogP contribution in [0.1, 0.15) is 29.3 Å². The van der Waals surface area contributed by atoms with Gasteiger partial charge in [0.2, 0.25) is 0 Å². The maximum absolute atomic E-state index is 11.6. The SMILES string of the molecule is CCOc1cc(C(=O)CCBr)ccc1C. The van der Waals surface area contributed by atoms with Crippen LogP contribution in [0.15, 0.2) is 18.2 Å². The summed E-state index contributed by atoms with van der Waals surface area (Å²) in [6.45, 7) is 4.53. The highest BCUT2D eigenvalue weighted by Gasteiger charge is 2.07. The van der Waals surface area contributed by atoms with E-state index in [1.807, 2.05) is 32.0 Å². The second-order valence-electron chi connectivity index (χ2n) is 3.28. The predicted molar refractivity (Wildman–Crippen MR) is 65.1 cm³/mol. The van der Waals surface area contributed by atoms with Crippen molar-refractivity contribution < 1.29 is 9.53 Å². The number of benzene rings is 1. The van der Waals surface area contributed by atoms with E-state index in [-0.39, 0.29) is 5.78 Å². The molecule has 0 saturated carbocycles. The number of halogens is 1. The standard InChI is InChI=1S/C12H15BrO2/c1-3-15-12-8-10(5-4-9(12)2)11(14)6-7-13/h4-5,8H,3,6-7H2,1-2H3. The Kier molecular flexibility index (Phi) is 4.82. The first-order valence-electron chi connectivity index (χ1n) is 5.01. The van der Waals surface area contributed by atoms with Gasteiger partial charge in [0.1, 0.15) is 5.75 Å². The van der Waals surface area contributed by atoms with Crippen molar-refractivity contribution in [2.45, 2.75) is 20.3 Å². The molecule has 0 unspecified atom stereocenters. The molecule has 0 atom stereocenters. The molecule has 0 amide bonds. The molecule has 0 heterocycles. The van der Waals surface area contributed by atoms with Gasteiger partial charge in [0.15, 0.2) is 5.78 Å². The lowest BCUT2D eigenvalue weighted by atomic mass is 10.1. The molecule has 1 rings (SSSR count). The number of hydrogen-bond donors (Lipinski definition) is 0. The summed E-state index contributed by atoms with van der Waals surface area (Å²) in [5.41, 5.74) is 1.79. The first kappa shape index (κ1) is 12.2. The summed E-state index contributed by atoms with van der Waals surface area (Å²) in [6.07, 6.45) is 0.522. The van der Waals surface area contributed by atoms with Gasteiger partial charge < -0.3 is 4.74 Å². The lowest BCUT2D eigenvalue weighted by molar-refractivity contribution is 0.0989. The number of carbonyl (C=O) groups is 1. The lowest BCUT2D eigenvalue weighted by Crippen LogP contribution is -2.01. The second-order valence-corrected chi connectivity index (χ2v) is 4.07. The molecular weight excluding hydrogens is 256 g/mol. The quantitative estimate of drug-likeness (QED) is 0.606. The Morgan fingerprint density at radius 2 is 2.20 bits per heavy atom. The molecule has 2 nitrogen and oxygen atoms in total. The highest BCUT2D eigenvalue weighted by Crippen LogP contribution is 2.20. The summed E-state index contributed by atoms with van der Waals surface area (Å²) in [4.78, 5) is 11.6. The van der Waals surface area contributed by atoms with Crippen molar-refractivity contribution in [2.24, 2.45) is 0 Å². The van der Waals surface area contributed by atoms with Crippen molar-refractivity contribution in [3.63, 3.8) is 0 Å². The summed E-state index contributed by atoms with van der Waals surface area (Å²) in [5, 5.41) is 0.698. The van der Waals surface area contributed by atoms with Crippen LogP contribution >= 0.6 is 15.9 Å². The molecule has 0 spiro atoms. The first-order chi connectivity index (χ1) is 7.19. The van der Waals surface area contributed by atoms with E-state index in [1.165, 1.54) is 0 Å². The van der Waals surface area contributed by atoms with Gasteiger partial charge in [0.05, 0.1) is 6.61 Å². The summed E-state index contributed by atoms with van der Waals surface area (Å²) < 4.78 is 5.44. The lowest BCUT2D eigenvalue weighted by Gasteiger charge is -2.08. The Hall–Kier alpha value is -0.830. The second kappa shape index (κ2) is 5.91. The molecule has 0 N–H and O–H groups in total. The minimum Gasteiger partial charge on any atom is -0.494 e. The average Bonchev–Trinajstić information content (AvgIpc) is 2.22. The van der Waals surface area contributed by atoms with Crippen LogP contribution in [0.3, 0.4) is 0 Å². The van der Waals surface area contributed by atoms with E-state index in [1.54, 1.807) is 0 Å². The summed E-state index contributed by atoms with van der Waals surface area (Å²) in [5.74, 6) is 0.950. The van der Waals surface area contributed by atoms with Gasteiger partial charge in [-0.25, -0.2) is 0 Å². The number of ether oxygens (including phenoxy) is 1. The number of alkyl halides is 1. The fourth-order valence-corrected chi connectivity index (χ4v) is 1.67. The minimum absolute atomic E-state index is 0.146. The number of carbonyl (C=O) groups excluding carboxylic acids is 1. The zero-order valence-electron chi connectivity index (χ0n) is 9.05. The molecule has 0 saturated heterocycles. The highest BCUT2D eigenvalue weighted by molar-refractivity contribution is 9.09. The third-order valence-corrected chi connectivity index (χ3v) is 2.53. The van der Waals surface area contributed by atoms with E-state index >= 15 is 0 Å². The van der Waals surface area contributed by atoms with E-state index in [0.29, 0.717) is 18.4 Å². The molecule has 0 fully saturated rings. The van der Waals surface area contributed by atoms with Crippen LogP contribution < -0.4 is 4.74 Å². The Labute approximate surface area is 98.8 Å². The maximum atomic E-state index is 11.6. The van der Waals surface area contributed by atoms with Gasteiger partial charge in [-0.15, -0.1) is 0 Å². The predicted octanol–water partition coefficient (Wildman–Crippen LogP) is 3.36. The maximum Gasteiger partial charge on any atom is 0.163 e. The molecule has 0 bridgehead atoms. The van der Waals surface area contributed by atoms with Crippen molar-refractivity contribution in [3.05, 3.63) is 29.3 Å². The number of Topliss-reactive ketones (excluding diaryl/α,β-unsaturated/α-hetero) is 1. The molecule has 0 aromatic heterocycles. The number of rotatable bonds is 5. The summed E-state index contributed by atoms with van der Waals surface area (Å²) in [6, 6.07) is 5.60. The van der Waals surface area contributed by atoms with Gasteiger partial charge in [-0.1, -0.05) is 28.1 Å². The monoisotopic (exact) mass is 270 g/mol. The Morgan fingerprint density at radius 1 is 1.47 bits per heavy atom. The van der Waals surface area contributed by atoms with Gasteiger partial charge in [-0.2, -0.15) is 0 Å². The zero-order valence-corrected chi connectivity index (χ0v) is 10.6. The molecule has 0 aliphatic carbocycles. The van der Waals surface area contributed by atoms with Crippen LogP contribution in [0.5, 0.6) is 5.75 Å². The highest BCUT2D eigenvalue weighted by atomic mass is 79.9. The molecule has 82 valence electrons. The molecule has 0 aliphatic heterocycles. The summed E-state index contributed by atoms with van der Waals surface area (Å²) >= 11 is 3.26. The zero-order chi connectivity index (χ0) is 11.3. The van der Waals surface area contributed by atoms with Crippen molar-refractivity contribution in [3.8, 4) is 5.75 Å². The van der Waals surface area contributed by atoms with Gasteiger partial charge >= 0.3 is 0 Å². The Balaban J connectivity index is 2.91. The third-order valence-electron chi connectivity index (χ3n) is 2.13. The van der Waals surface area contributed by atoms with E-state index in [0.717, 1.165) is 16.9 Å². The molecule has 15 heavy (non-hydrogen) atoms.